The zero-order valence-corrected chi connectivity index (χ0v) is 29.5. The molecule has 0 radical (unpaired) electrons. The van der Waals surface area contributed by atoms with Gasteiger partial charge in [0, 0.05) is 34.1 Å². The van der Waals surface area contributed by atoms with Crippen molar-refractivity contribution in [1.29, 1.82) is 0 Å². The van der Waals surface area contributed by atoms with Crippen LogP contribution >= 0.6 is 0 Å². The zero-order valence-electron chi connectivity index (χ0n) is 29.5. The van der Waals surface area contributed by atoms with Gasteiger partial charge in [-0.1, -0.05) is 133 Å². The van der Waals surface area contributed by atoms with Crippen LogP contribution in [0.1, 0.15) is 11.1 Å². The Morgan fingerprint density at radius 1 is 0.250 bits per heavy atom. The highest BCUT2D eigenvalue weighted by atomic mass is 15.1. The van der Waals surface area contributed by atoms with Crippen molar-refractivity contribution < 1.29 is 0 Å². The van der Waals surface area contributed by atoms with Crippen molar-refractivity contribution in [2.75, 3.05) is 9.80 Å². The second-order valence-electron chi connectivity index (χ2n) is 13.2. The Morgan fingerprint density at radius 3 is 0.846 bits per heavy atom. The summed E-state index contributed by atoms with van der Waals surface area (Å²) in [5.41, 5.74) is 16.5. The predicted octanol–water partition coefficient (Wildman–Crippen LogP) is 14.2. The van der Waals surface area contributed by atoms with Gasteiger partial charge in [0.1, 0.15) is 0 Å². The van der Waals surface area contributed by atoms with Crippen molar-refractivity contribution in [2.45, 2.75) is 13.8 Å². The first-order valence-corrected chi connectivity index (χ1v) is 17.9. The number of hydrogen-bond donors (Lipinski definition) is 0. The molecule has 0 bridgehead atoms. The molecule has 0 unspecified atom stereocenters. The van der Waals surface area contributed by atoms with E-state index >= 15 is 0 Å². The standard InChI is InChI=1S/C50H40N2/c1-37-35-47(51(43-19-11-5-12-20-43)45-27-23-41(24-28-45)39-15-7-3-8-16-39)31-33-49(37)50-34-32-48(36-38(50)2)52(44-21-13-6-14-22-44)46-29-25-42(26-30-46)40-17-9-4-10-18-40/h3-36H,1-2H3. The lowest BCUT2D eigenvalue weighted by molar-refractivity contribution is 1.26. The van der Waals surface area contributed by atoms with E-state index in [4.69, 9.17) is 0 Å². The molecule has 0 N–H and O–H groups in total. The summed E-state index contributed by atoms with van der Waals surface area (Å²) < 4.78 is 0. The van der Waals surface area contributed by atoms with Crippen molar-refractivity contribution in [3.63, 3.8) is 0 Å². The number of para-hydroxylation sites is 2. The topological polar surface area (TPSA) is 6.48 Å². The molecule has 0 saturated carbocycles. The third kappa shape index (κ3) is 6.75. The Kier molecular flexibility index (Phi) is 9.19. The Bertz CT molecular complexity index is 2210. The van der Waals surface area contributed by atoms with Crippen LogP contribution in [0.25, 0.3) is 33.4 Å². The minimum atomic E-state index is 1.12. The first-order chi connectivity index (χ1) is 25.6. The van der Waals surface area contributed by atoms with Gasteiger partial charge < -0.3 is 9.80 Å². The molecule has 2 nitrogen and oxygen atoms in total. The number of anilines is 6. The van der Waals surface area contributed by atoms with Gasteiger partial charge >= 0.3 is 0 Å². The maximum atomic E-state index is 2.34. The Labute approximate surface area is 307 Å². The molecule has 2 heteroatoms. The van der Waals surface area contributed by atoms with Gasteiger partial charge in [-0.25, -0.2) is 0 Å². The number of aryl methyl sites for hydroxylation is 2. The largest absolute Gasteiger partial charge is 0.310 e. The molecule has 0 fully saturated rings. The number of benzene rings is 8. The van der Waals surface area contributed by atoms with Crippen molar-refractivity contribution in [3.8, 4) is 33.4 Å². The fourth-order valence-electron chi connectivity index (χ4n) is 7.09. The summed E-state index contributed by atoms with van der Waals surface area (Å²) in [7, 11) is 0. The molecule has 250 valence electrons. The molecule has 0 aliphatic rings. The lowest BCUT2D eigenvalue weighted by atomic mass is 9.95. The summed E-state index contributed by atoms with van der Waals surface area (Å²) in [6.07, 6.45) is 0. The smallest absolute Gasteiger partial charge is 0.0464 e. The zero-order chi connectivity index (χ0) is 35.3. The van der Waals surface area contributed by atoms with E-state index in [2.05, 4.69) is 230 Å². The van der Waals surface area contributed by atoms with Crippen LogP contribution in [0.4, 0.5) is 34.1 Å². The molecule has 0 atom stereocenters. The summed E-state index contributed by atoms with van der Waals surface area (Å²) >= 11 is 0. The van der Waals surface area contributed by atoms with Gasteiger partial charge in [-0.2, -0.15) is 0 Å². The molecule has 52 heavy (non-hydrogen) atoms. The summed E-state index contributed by atoms with van der Waals surface area (Å²) in [4.78, 5) is 4.67. The van der Waals surface area contributed by atoms with Gasteiger partial charge in [0.2, 0.25) is 0 Å². The Balaban J connectivity index is 1.12. The molecule has 8 aromatic rings. The minimum Gasteiger partial charge on any atom is -0.310 e. The molecule has 0 spiro atoms. The molecule has 0 aromatic heterocycles. The van der Waals surface area contributed by atoms with E-state index in [0.717, 1.165) is 34.1 Å². The van der Waals surface area contributed by atoms with Crippen LogP contribution in [0.5, 0.6) is 0 Å². The molecule has 8 aromatic carbocycles. The highest BCUT2D eigenvalue weighted by Gasteiger charge is 2.17. The summed E-state index contributed by atoms with van der Waals surface area (Å²) in [5, 5.41) is 0. The third-order valence-corrected chi connectivity index (χ3v) is 9.72. The second-order valence-corrected chi connectivity index (χ2v) is 13.2. The van der Waals surface area contributed by atoms with Gasteiger partial charge in [0.15, 0.2) is 0 Å². The first-order valence-electron chi connectivity index (χ1n) is 17.9. The van der Waals surface area contributed by atoms with Gasteiger partial charge in [-0.05, 0) is 131 Å². The SMILES string of the molecule is Cc1cc(N(c2ccccc2)c2ccc(-c3ccccc3)cc2)ccc1-c1ccc(N(c2ccccc2)c2ccc(-c3ccccc3)cc2)cc1C. The van der Waals surface area contributed by atoms with Crippen LogP contribution in [0.3, 0.4) is 0 Å². The molecular formula is C50H40N2. The van der Waals surface area contributed by atoms with Gasteiger partial charge in [-0.15, -0.1) is 0 Å². The number of hydrogen-bond acceptors (Lipinski definition) is 2. The summed E-state index contributed by atoms with van der Waals surface area (Å²) in [6.45, 7) is 4.44. The van der Waals surface area contributed by atoms with E-state index in [-0.39, 0.29) is 0 Å². The molecular weight excluding hydrogens is 629 g/mol. The molecule has 0 amide bonds. The third-order valence-electron chi connectivity index (χ3n) is 9.72. The van der Waals surface area contributed by atoms with E-state index in [0.29, 0.717) is 0 Å². The number of rotatable bonds is 9. The van der Waals surface area contributed by atoms with Crippen LogP contribution < -0.4 is 9.80 Å². The van der Waals surface area contributed by atoms with E-state index in [9.17, 15) is 0 Å². The minimum absolute atomic E-state index is 1.12. The van der Waals surface area contributed by atoms with E-state index in [1.165, 1.54) is 44.5 Å². The average Bonchev–Trinajstić information content (AvgIpc) is 3.21. The van der Waals surface area contributed by atoms with Crippen LogP contribution in [0.15, 0.2) is 206 Å². The Hall–Kier alpha value is -6.64. The van der Waals surface area contributed by atoms with Crippen LogP contribution in [-0.4, -0.2) is 0 Å². The van der Waals surface area contributed by atoms with Gasteiger partial charge in [0.25, 0.3) is 0 Å². The molecule has 0 aliphatic carbocycles. The van der Waals surface area contributed by atoms with Crippen LogP contribution in [0.2, 0.25) is 0 Å². The first kappa shape index (κ1) is 32.6. The quantitative estimate of drug-likeness (QED) is 0.151. The summed E-state index contributed by atoms with van der Waals surface area (Å²) in [6, 6.07) is 73.7. The normalized spacial score (nSPS) is 10.9. The number of nitrogens with zero attached hydrogens (tertiary/aromatic N) is 2. The fraction of sp³-hybridized carbons (Fsp3) is 0.0400. The van der Waals surface area contributed by atoms with Crippen molar-refractivity contribution in [3.05, 3.63) is 217 Å². The molecule has 0 saturated heterocycles. The maximum absolute atomic E-state index is 2.34. The van der Waals surface area contributed by atoms with E-state index in [1.54, 1.807) is 0 Å². The van der Waals surface area contributed by atoms with E-state index < -0.39 is 0 Å². The van der Waals surface area contributed by atoms with Crippen molar-refractivity contribution in [1.82, 2.24) is 0 Å². The van der Waals surface area contributed by atoms with Crippen LogP contribution in [-0.2, 0) is 0 Å². The monoisotopic (exact) mass is 668 g/mol. The predicted molar refractivity (Wildman–Crippen MR) is 222 cm³/mol. The molecule has 8 rings (SSSR count). The van der Waals surface area contributed by atoms with Gasteiger partial charge in [0.05, 0.1) is 0 Å². The van der Waals surface area contributed by atoms with Crippen LogP contribution in [0, 0.1) is 13.8 Å². The van der Waals surface area contributed by atoms with Crippen molar-refractivity contribution >= 4 is 34.1 Å². The molecule has 0 heterocycles. The lowest BCUT2D eigenvalue weighted by Crippen LogP contribution is -2.10. The van der Waals surface area contributed by atoms with Gasteiger partial charge in [-0.3, -0.25) is 0 Å². The second kappa shape index (κ2) is 14.7. The van der Waals surface area contributed by atoms with E-state index in [1.807, 2.05) is 0 Å². The Morgan fingerprint density at radius 2 is 0.519 bits per heavy atom. The highest BCUT2D eigenvalue weighted by molar-refractivity contribution is 5.84. The maximum Gasteiger partial charge on any atom is 0.0464 e. The lowest BCUT2D eigenvalue weighted by Gasteiger charge is -2.27. The van der Waals surface area contributed by atoms with Crippen molar-refractivity contribution in [2.24, 2.45) is 0 Å². The highest BCUT2D eigenvalue weighted by Crippen LogP contribution is 2.41. The summed E-state index contributed by atoms with van der Waals surface area (Å²) in [5.74, 6) is 0. The molecule has 0 aliphatic heterocycles. The fourth-order valence-corrected chi connectivity index (χ4v) is 7.09. The average molecular weight is 669 g/mol.